The second-order valence-electron chi connectivity index (χ2n) is 9.01. The van der Waals surface area contributed by atoms with E-state index >= 15 is 0 Å². The number of carbonyl (C=O) groups is 2. The fraction of sp³-hybridized carbons (Fsp3) is 0.522. The Kier molecular flexibility index (Phi) is 6.61. The second-order valence-corrected chi connectivity index (χ2v) is 9.01. The molecule has 7 nitrogen and oxygen atoms in total. The first-order valence-corrected chi connectivity index (χ1v) is 10.6. The maximum Gasteiger partial charge on any atom is 0.272 e. The molecule has 1 aromatic heterocycles. The average molecular weight is 412 g/mol. The summed E-state index contributed by atoms with van der Waals surface area (Å²) in [5.41, 5.74) is 1.86. The van der Waals surface area contributed by atoms with Crippen LogP contribution in [0.2, 0.25) is 0 Å². The van der Waals surface area contributed by atoms with E-state index < -0.39 is 11.5 Å². The molecule has 2 N–H and O–H groups in total. The number of imidazole rings is 1. The standard InChI is InChI=1S/C23H33N5O2/c1-6-24-22(30)19(23(2,3)4)26-21(29)18-17-15-27(5)13-10-14-28(17)20(25-18)16-11-8-7-9-12-16/h7-9,11-12,19H,6,10,13-15H2,1-5H3,(H,24,30)(H,26,29)/t19-/m1/s1. The van der Waals surface area contributed by atoms with Crippen LogP contribution < -0.4 is 10.6 Å². The van der Waals surface area contributed by atoms with Gasteiger partial charge in [0, 0.05) is 25.2 Å². The van der Waals surface area contributed by atoms with Crippen molar-refractivity contribution in [3.8, 4) is 11.4 Å². The van der Waals surface area contributed by atoms with E-state index in [4.69, 9.17) is 4.98 Å². The van der Waals surface area contributed by atoms with Gasteiger partial charge in [-0.1, -0.05) is 51.1 Å². The van der Waals surface area contributed by atoms with Gasteiger partial charge in [-0.2, -0.15) is 0 Å². The number of amides is 2. The molecule has 0 fully saturated rings. The third kappa shape index (κ3) is 4.73. The molecule has 0 bridgehead atoms. The zero-order valence-electron chi connectivity index (χ0n) is 18.7. The Balaban J connectivity index is 2.01. The molecule has 1 aromatic carbocycles. The van der Waals surface area contributed by atoms with Crippen molar-refractivity contribution in [1.82, 2.24) is 25.1 Å². The van der Waals surface area contributed by atoms with Crippen LogP contribution in [0.5, 0.6) is 0 Å². The average Bonchev–Trinajstić information content (AvgIpc) is 2.92. The molecule has 1 aliphatic rings. The number of rotatable bonds is 5. The lowest BCUT2D eigenvalue weighted by molar-refractivity contribution is -0.125. The molecule has 162 valence electrons. The summed E-state index contributed by atoms with van der Waals surface area (Å²) < 4.78 is 2.16. The van der Waals surface area contributed by atoms with E-state index in [0.717, 1.165) is 36.6 Å². The SMILES string of the molecule is CCNC(=O)[C@@H](NC(=O)c1nc(-c2ccccc2)n2c1CN(C)CCC2)C(C)(C)C. The van der Waals surface area contributed by atoms with Gasteiger partial charge in [-0.15, -0.1) is 0 Å². The molecular weight excluding hydrogens is 378 g/mol. The summed E-state index contributed by atoms with van der Waals surface area (Å²) >= 11 is 0. The summed E-state index contributed by atoms with van der Waals surface area (Å²) in [5, 5.41) is 5.79. The normalized spacial score (nSPS) is 15.8. The number of carbonyl (C=O) groups excluding carboxylic acids is 2. The highest BCUT2D eigenvalue weighted by molar-refractivity contribution is 5.98. The van der Waals surface area contributed by atoms with Crippen molar-refractivity contribution < 1.29 is 9.59 Å². The smallest absolute Gasteiger partial charge is 0.272 e. The third-order valence-electron chi connectivity index (χ3n) is 5.42. The van der Waals surface area contributed by atoms with Crippen molar-refractivity contribution >= 4 is 11.8 Å². The number of aromatic nitrogens is 2. The summed E-state index contributed by atoms with van der Waals surface area (Å²) in [4.78, 5) is 33.0. The Hall–Kier alpha value is -2.67. The van der Waals surface area contributed by atoms with Gasteiger partial charge in [-0.25, -0.2) is 4.98 Å². The number of nitrogens with zero attached hydrogens (tertiary/aromatic N) is 3. The van der Waals surface area contributed by atoms with Gasteiger partial charge in [0.1, 0.15) is 11.9 Å². The minimum Gasteiger partial charge on any atom is -0.355 e. The topological polar surface area (TPSA) is 79.3 Å². The van der Waals surface area contributed by atoms with Crippen molar-refractivity contribution in [1.29, 1.82) is 0 Å². The van der Waals surface area contributed by atoms with E-state index in [0.29, 0.717) is 18.8 Å². The lowest BCUT2D eigenvalue weighted by atomic mass is 9.86. The fourth-order valence-electron chi connectivity index (χ4n) is 3.86. The zero-order valence-corrected chi connectivity index (χ0v) is 18.7. The molecule has 0 radical (unpaired) electrons. The Morgan fingerprint density at radius 1 is 1.17 bits per heavy atom. The monoisotopic (exact) mass is 411 g/mol. The lowest BCUT2D eigenvalue weighted by Gasteiger charge is -2.30. The molecule has 30 heavy (non-hydrogen) atoms. The highest BCUT2D eigenvalue weighted by Crippen LogP contribution is 2.27. The van der Waals surface area contributed by atoms with Crippen LogP contribution in [0.3, 0.4) is 0 Å². The summed E-state index contributed by atoms with van der Waals surface area (Å²) in [6.07, 6.45) is 0.990. The molecule has 3 rings (SSSR count). The number of fused-ring (bicyclic) bond motifs is 1. The molecule has 7 heteroatoms. The Bertz CT molecular complexity index is 898. The molecule has 2 aromatic rings. The quantitative estimate of drug-likeness (QED) is 0.793. The van der Waals surface area contributed by atoms with Crippen molar-refractivity contribution in [3.05, 3.63) is 41.7 Å². The molecule has 0 unspecified atom stereocenters. The van der Waals surface area contributed by atoms with E-state index in [2.05, 4.69) is 27.1 Å². The van der Waals surface area contributed by atoms with E-state index in [1.807, 2.05) is 58.0 Å². The molecule has 1 atom stereocenters. The van der Waals surface area contributed by atoms with Crippen LogP contribution >= 0.6 is 0 Å². The largest absolute Gasteiger partial charge is 0.355 e. The highest BCUT2D eigenvalue weighted by Gasteiger charge is 2.34. The van der Waals surface area contributed by atoms with Gasteiger partial charge in [0.25, 0.3) is 5.91 Å². The summed E-state index contributed by atoms with van der Waals surface area (Å²) in [7, 11) is 2.05. The van der Waals surface area contributed by atoms with E-state index in [9.17, 15) is 9.59 Å². The maximum atomic E-state index is 13.4. The predicted octanol–water partition coefficient (Wildman–Crippen LogP) is 2.67. The lowest BCUT2D eigenvalue weighted by Crippen LogP contribution is -2.53. The van der Waals surface area contributed by atoms with Crippen LogP contribution in [0, 0.1) is 5.41 Å². The van der Waals surface area contributed by atoms with Crippen LogP contribution in [0.4, 0.5) is 0 Å². The molecule has 0 aliphatic carbocycles. The minimum atomic E-state index is -0.647. The molecular formula is C23H33N5O2. The first kappa shape index (κ1) is 22.0. The van der Waals surface area contributed by atoms with E-state index in [-0.39, 0.29) is 11.8 Å². The van der Waals surface area contributed by atoms with Gasteiger partial charge in [0.2, 0.25) is 5.91 Å². The molecule has 1 aliphatic heterocycles. The predicted molar refractivity (Wildman–Crippen MR) is 118 cm³/mol. The molecule has 0 spiro atoms. The molecule has 2 heterocycles. The molecule has 0 saturated carbocycles. The molecule has 0 saturated heterocycles. The van der Waals surface area contributed by atoms with Gasteiger partial charge in [0.05, 0.1) is 5.69 Å². The van der Waals surface area contributed by atoms with E-state index in [1.54, 1.807) is 0 Å². The highest BCUT2D eigenvalue weighted by atomic mass is 16.2. The first-order valence-electron chi connectivity index (χ1n) is 10.6. The molecule has 2 amide bonds. The number of likely N-dealkylation sites (N-methyl/N-ethyl adjacent to an activating group) is 1. The van der Waals surface area contributed by atoms with Gasteiger partial charge in [-0.3, -0.25) is 9.59 Å². The summed E-state index contributed by atoms with van der Waals surface area (Å²) in [5.74, 6) is 0.322. The maximum absolute atomic E-state index is 13.4. The van der Waals surface area contributed by atoms with Crippen LogP contribution in [-0.4, -0.2) is 52.4 Å². The number of benzene rings is 1. The van der Waals surface area contributed by atoms with E-state index in [1.165, 1.54) is 0 Å². The van der Waals surface area contributed by atoms with Crippen molar-refractivity contribution in [2.45, 2.75) is 53.2 Å². The van der Waals surface area contributed by atoms with Gasteiger partial charge >= 0.3 is 0 Å². The van der Waals surface area contributed by atoms with Crippen LogP contribution in [-0.2, 0) is 17.9 Å². The van der Waals surface area contributed by atoms with Crippen LogP contribution in [0.25, 0.3) is 11.4 Å². The fourth-order valence-corrected chi connectivity index (χ4v) is 3.86. The van der Waals surface area contributed by atoms with Crippen LogP contribution in [0.15, 0.2) is 30.3 Å². The Labute approximate surface area is 178 Å². The van der Waals surface area contributed by atoms with Gasteiger partial charge in [0.15, 0.2) is 5.69 Å². The van der Waals surface area contributed by atoms with Crippen molar-refractivity contribution in [2.75, 3.05) is 20.1 Å². The first-order chi connectivity index (χ1) is 14.2. The third-order valence-corrected chi connectivity index (χ3v) is 5.42. The van der Waals surface area contributed by atoms with Crippen molar-refractivity contribution in [2.24, 2.45) is 5.41 Å². The zero-order chi connectivity index (χ0) is 21.9. The van der Waals surface area contributed by atoms with Gasteiger partial charge in [-0.05, 0) is 32.4 Å². The minimum absolute atomic E-state index is 0.177. The van der Waals surface area contributed by atoms with Crippen molar-refractivity contribution in [3.63, 3.8) is 0 Å². The summed E-state index contributed by atoms with van der Waals surface area (Å²) in [6.45, 7) is 10.6. The Morgan fingerprint density at radius 2 is 1.87 bits per heavy atom. The second kappa shape index (κ2) is 9.00. The van der Waals surface area contributed by atoms with Gasteiger partial charge < -0.3 is 20.1 Å². The van der Waals surface area contributed by atoms with Crippen LogP contribution in [0.1, 0.15) is 50.3 Å². The summed E-state index contributed by atoms with van der Waals surface area (Å²) in [6, 6.07) is 9.30. The number of hydrogen-bond donors (Lipinski definition) is 2. The number of hydrogen-bond acceptors (Lipinski definition) is 4. The Morgan fingerprint density at radius 3 is 2.50 bits per heavy atom. The number of nitrogens with one attached hydrogen (secondary N) is 2.